The summed E-state index contributed by atoms with van der Waals surface area (Å²) in [6.45, 7) is 3.06. The second-order valence-corrected chi connectivity index (χ2v) is 5.64. The first-order valence-electron chi connectivity index (χ1n) is 7.91. The predicted molar refractivity (Wildman–Crippen MR) is 87.1 cm³/mol. The van der Waals surface area contributed by atoms with E-state index in [2.05, 4.69) is 15.0 Å². The zero-order valence-electron chi connectivity index (χ0n) is 13.8. The SMILES string of the molecule is COc1nccnc1OC1CCCN(C(=O)c2cccnc2C)C1. The van der Waals surface area contributed by atoms with Crippen LogP contribution in [-0.4, -0.2) is 52.1 Å². The first-order valence-corrected chi connectivity index (χ1v) is 7.91. The third-order valence-corrected chi connectivity index (χ3v) is 4.01. The van der Waals surface area contributed by atoms with Crippen LogP contribution in [0.2, 0.25) is 0 Å². The van der Waals surface area contributed by atoms with Crippen LogP contribution in [0.25, 0.3) is 0 Å². The van der Waals surface area contributed by atoms with Gasteiger partial charge >= 0.3 is 0 Å². The Balaban J connectivity index is 1.70. The smallest absolute Gasteiger partial charge is 0.278 e. The van der Waals surface area contributed by atoms with E-state index in [9.17, 15) is 4.79 Å². The van der Waals surface area contributed by atoms with Crippen LogP contribution in [0, 0.1) is 6.92 Å². The van der Waals surface area contributed by atoms with Gasteiger partial charge in [0, 0.05) is 30.8 Å². The molecule has 1 unspecified atom stereocenters. The monoisotopic (exact) mass is 328 g/mol. The van der Waals surface area contributed by atoms with Crippen molar-refractivity contribution in [3.63, 3.8) is 0 Å². The molecule has 1 aliphatic heterocycles. The fourth-order valence-corrected chi connectivity index (χ4v) is 2.79. The van der Waals surface area contributed by atoms with E-state index in [0.717, 1.165) is 18.5 Å². The van der Waals surface area contributed by atoms with Gasteiger partial charge in [0.2, 0.25) is 0 Å². The molecule has 7 heteroatoms. The minimum absolute atomic E-state index is 0.0139. The number of pyridine rings is 1. The molecule has 126 valence electrons. The van der Waals surface area contributed by atoms with Gasteiger partial charge in [-0.1, -0.05) is 0 Å². The zero-order valence-corrected chi connectivity index (χ0v) is 13.8. The van der Waals surface area contributed by atoms with Crippen molar-refractivity contribution < 1.29 is 14.3 Å². The topological polar surface area (TPSA) is 77.4 Å². The van der Waals surface area contributed by atoms with E-state index in [1.807, 2.05) is 6.92 Å². The lowest BCUT2D eigenvalue weighted by molar-refractivity contribution is 0.0518. The molecule has 1 fully saturated rings. The Morgan fingerprint density at radius 1 is 1.21 bits per heavy atom. The van der Waals surface area contributed by atoms with Crippen LogP contribution in [-0.2, 0) is 0 Å². The number of methoxy groups -OCH3 is 1. The maximum absolute atomic E-state index is 12.7. The molecule has 0 saturated carbocycles. The molecule has 0 radical (unpaired) electrons. The third-order valence-electron chi connectivity index (χ3n) is 4.01. The molecule has 0 N–H and O–H groups in total. The van der Waals surface area contributed by atoms with E-state index in [1.165, 1.54) is 7.11 Å². The van der Waals surface area contributed by atoms with Crippen LogP contribution in [0.1, 0.15) is 28.9 Å². The second-order valence-electron chi connectivity index (χ2n) is 5.64. The molecule has 3 heterocycles. The summed E-state index contributed by atoms with van der Waals surface area (Å²) in [5.74, 6) is 0.695. The Kier molecular flexibility index (Phi) is 4.88. The number of ether oxygens (including phenoxy) is 2. The van der Waals surface area contributed by atoms with E-state index in [1.54, 1.807) is 35.6 Å². The first-order chi connectivity index (χ1) is 11.7. The largest absolute Gasteiger partial charge is 0.477 e. The Morgan fingerprint density at radius 3 is 2.75 bits per heavy atom. The average molecular weight is 328 g/mol. The fourth-order valence-electron chi connectivity index (χ4n) is 2.79. The Labute approximate surface area is 140 Å². The number of aromatic nitrogens is 3. The maximum Gasteiger partial charge on any atom is 0.278 e. The van der Waals surface area contributed by atoms with Crippen molar-refractivity contribution in [2.45, 2.75) is 25.9 Å². The number of likely N-dealkylation sites (tertiary alicyclic amines) is 1. The summed E-state index contributed by atoms with van der Waals surface area (Å²) in [4.78, 5) is 27.0. The van der Waals surface area contributed by atoms with E-state index >= 15 is 0 Å². The molecule has 1 aliphatic rings. The molecule has 0 aromatic carbocycles. The van der Waals surface area contributed by atoms with Crippen molar-refractivity contribution in [1.82, 2.24) is 19.9 Å². The van der Waals surface area contributed by atoms with Gasteiger partial charge in [0.25, 0.3) is 17.7 Å². The van der Waals surface area contributed by atoms with Crippen LogP contribution in [0.4, 0.5) is 0 Å². The van der Waals surface area contributed by atoms with Gasteiger partial charge in [-0.3, -0.25) is 9.78 Å². The maximum atomic E-state index is 12.7. The summed E-state index contributed by atoms with van der Waals surface area (Å²) >= 11 is 0. The van der Waals surface area contributed by atoms with E-state index in [4.69, 9.17) is 9.47 Å². The molecule has 1 saturated heterocycles. The van der Waals surface area contributed by atoms with Gasteiger partial charge in [0.15, 0.2) is 0 Å². The molecular formula is C17H20N4O3. The van der Waals surface area contributed by atoms with Gasteiger partial charge in [-0.2, -0.15) is 0 Å². The van der Waals surface area contributed by atoms with E-state index in [0.29, 0.717) is 30.4 Å². The Hall–Kier alpha value is -2.70. The van der Waals surface area contributed by atoms with Crippen LogP contribution < -0.4 is 9.47 Å². The van der Waals surface area contributed by atoms with E-state index < -0.39 is 0 Å². The minimum Gasteiger partial charge on any atom is -0.477 e. The highest BCUT2D eigenvalue weighted by atomic mass is 16.5. The highest BCUT2D eigenvalue weighted by molar-refractivity contribution is 5.95. The zero-order chi connectivity index (χ0) is 16.9. The summed E-state index contributed by atoms with van der Waals surface area (Å²) in [5, 5.41) is 0. The van der Waals surface area contributed by atoms with Gasteiger partial charge in [-0.15, -0.1) is 0 Å². The number of carbonyl (C=O) groups is 1. The summed E-state index contributed by atoms with van der Waals surface area (Å²) < 4.78 is 11.1. The molecule has 24 heavy (non-hydrogen) atoms. The number of hydrogen-bond donors (Lipinski definition) is 0. The highest BCUT2D eigenvalue weighted by Gasteiger charge is 2.27. The normalized spacial score (nSPS) is 17.4. The molecule has 2 aromatic rings. The summed E-state index contributed by atoms with van der Waals surface area (Å²) in [5.41, 5.74) is 1.37. The van der Waals surface area contributed by atoms with Gasteiger partial charge in [0.05, 0.1) is 19.2 Å². The third kappa shape index (κ3) is 3.45. The number of amides is 1. The lowest BCUT2D eigenvalue weighted by Gasteiger charge is -2.32. The van der Waals surface area contributed by atoms with Crippen molar-refractivity contribution in [2.75, 3.05) is 20.2 Å². The highest BCUT2D eigenvalue weighted by Crippen LogP contribution is 2.24. The van der Waals surface area contributed by atoms with Crippen LogP contribution in [0.3, 0.4) is 0 Å². The molecule has 1 amide bonds. The number of rotatable bonds is 4. The van der Waals surface area contributed by atoms with Crippen molar-refractivity contribution in [1.29, 1.82) is 0 Å². The second kappa shape index (κ2) is 7.25. The molecule has 7 nitrogen and oxygen atoms in total. The Bertz CT molecular complexity index is 722. The van der Waals surface area contributed by atoms with Crippen LogP contribution >= 0.6 is 0 Å². The number of piperidine rings is 1. The van der Waals surface area contributed by atoms with Crippen LogP contribution in [0.15, 0.2) is 30.7 Å². The van der Waals surface area contributed by atoms with E-state index in [-0.39, 0.29) is 12.0 Å². The first kappa shape index (κ1) is 16.2. The molecule has 1 atom stereocenters. The van der Waals surface area contributed by atoms with Gasteiger partial charge in [0.1, 0.15) is 6.10 Å². The standard InChI is InChI=1S/C17H20N4O3/c1-12-14(6-3-7-18-12)17(22)21-10-4-5-13(11-21)24-16-15(23-2)19-8-9-20-16/h3,6-9,13H,4-5,10-11H2,1-2H3. The molecule has 0 spiro atoms. The van der Waals surface area contributed by atoms with Crippen molar-refractivity contribution >= 4 is 5.91 Å². The lowest BCUT2D eigenvalue weighted by atomic mass is 10.1. The number of aryl methyl sites for hydroxylation is 1. The fraction of sp³-hybridized carbons (Fsp3) is 0.412. The summed E-state index contributed by atoms with van der Waals surface area (Å²) in [7, 11) is 1.53. The van der Waals surface area contributed by atoms with Gasteiger partial charge in [-0.05, 0) is 31.9 Å². The summed E-state index contributed by atoms with van der Waals surface area (Å²) in [6.07, 6.45) is 6.39. The molecule has 3 rings (SSSR count). The number of hydrogen-bond acceptors (Lipinski definition) is 6. The van der Waals surface area contributed by atoms with Crippen molar-refractivity contribution in [2.24, 2.45) is 0 Å². The lowest BCUT2D eigenvalue weighted by Crippen LogP contribution is -2.44. The van der Waals surface area contributed by atoms with Crippen LogP contribution in [0.5, 0.6) is 11.8 Å². The number of carbonyl (C=O) groups excluding carboxylic acids is 1. The minimum atomic E-state index is -0.134. The molecule has 0 bridgehead atoms. The summed E-state index contributed by atoms with van der Waals surface area (Å²) in [6, 6.07) is 3.59. The van der Waals surface area contributed by atoms with Gasteiger partial charge in [-0.25, -0.2) is 9.97 Å². The van der Waals surface area contributed by atoms with Crippen molar-refractivity contribution in [3.05, 3.63) is 42.0 Å². The molecular weight excluding hydrogens is 308 g/mol. The predicted octanol–water partition coefficient (Wildman–Crippen LogP) is 1.87. The number of nitrogens with zero attached hydrogens (tertiary/aromatic N) is 4. The molecule has 2 aromatic heterocycles. The Morgan fingerprint density at radius 2 is 2.00 bits per heavy atom. The van der Waals surface area contributed by atoms with Gasteiger partial charge < -0.3 is 14.4 Å². The molecule has 0 aliphatic carbocycles. The average Bonchev–Trinajstić information content (AvgIpc) is 2.62. The quantitative estimate of drug-likeness (QED) is 0.853. The van der Waals surface area contributed by atoms with Crippen molar-refractivity contribution in [3.8, 4) is 11.8 Å².